The van der Waals surface area contributed by atoms with Crippen LogP contribution in [-0.2, 0) is 0 Å². The zero-order valence-electron chi connectivity index (χ0n) is 73.6. The molecule has 0 radical (unpaired) electrons. The third kappa shape index (κ3) is 14.7. The molecule has 0 aliphatic heterocycles. The Balaban J connectivity index is 0.000000145. The van der Waals surface area contributed by atoms with Crippen LogP contribution in [-0.4, -0.2) is 39.0 Å². The molecule has 26 aromatic rings. The van der Waals surface area contributed by atoms with E-state index in [0.717, 1.165) is 89.3 Å². The molecular formula is C126H80N8S2. The smallest absolute Gasteiger partial charge is 0.164 e. The van der Waals surface area contributed by atoms with Gasteiger partial charge in [0.25, 0.3) is 0 Å². The highest BCUT2D eigenvalue weighted by atomic mass is 32.1. The van der Waals surface area contributed by atoms with Crippen molar-refractivity contribution < 1.29 is 0 Å². The van der Waals surface area contributed by atoms with Crippen molar-refractivity contribution in [3.8, 4) is 169 Å². The van der Waals surface area contributed by atoms with Gasteiger partial charge in [0.05, 0.1) is 22.1 Å². The largest absolute Gasteiger partial charge is 0.309 e. The molecule has 636 valence electrons. The van der Waals surface area contributed by atoms with Crippen LogP contribution in [0.4, 0.5) is 0 Å². The van der Waals surface area contributed by atoms with E-state index in [1.807, 2.05) is 95.5 Å². The van der Waals surface area contributed by atoms with Gasteiger partial charge in [-0.25, -0.2) is 29.9 Å². The fourth-order valence-electron chi connectivity index (χ4n) is 19.8. The number of benzene rings is 20. The minimum absolute atomic E-state index is 0.614. The van der Waals surface area contributed by atoms with Crippen LogP contribution in [0.25, 0.3) is 253 Å². The summed E-state index contributed by atoms with van der Waals surface area (Å²) in [4.78, 5) is 31.5. The quantitative estimate of drug-likeness (QED) is 0.0958. The molecule has 0 N–H and O–H groups in total. The summed E-state index contributed by atoms with van der Waals surface area (Å²) in [5.74, 6) is 3.73. The van der Waals surface area contributed by atoms with Gasteiger partial charge in [0.2, 0.25) is 0 Å². The van der Waals surface area contributed by atoms with Crippen molar-refractivity contribution in [3.05, 3.63) is 485 Å². The lowest BCUT2D eigenvalue weighted by Gasteiger charge is -2.16. The van der Waals surface area contributed by atoms with Crippen molar-refractivity contribution in [2.24, 2.45) is 0 Å². The maximum Gasteiger partial charge on any atom is 0.164 e. The average Bonchev–Trinajstić information content (AvgIpc) is 1.56. The van der Waals surface area contributed by atoms with Crippen LogP contribution in [0.3, 0.4) is 0 Å². The van der Waals surface area contributed by atoms with Gasteiger partial charge in [0.15, 0.2) is 34.9 Å². The lowest BCUT2D eigenvalue weighted by atomic mass is 9.89. The Morgan fingerprint density at radius 3 is 0.853 bits per heavy atom. The number of hydrogen-bond acceptors (Lipinski definition) is 8. The zero-order chi connectivity index (χ0) is 89.9. The van der Waals surface area contributed by atoms with E-state index in [1.165, 1.54) is 128 Å². The molecule has 26 rings (SSSR count). The first-order valence-electron chi connectivity index (χ1n) is 45.9. The molecule has 0 amide bonds. The summed E-state index contributed by atoms with van der Waals surface area (Å²) < 4.78 is 9.82. The molecular weight excluding hydrogens is 1690 g/mol. The van der Waals surface area contributed by atoms with Crippen molar-refractivity contribution in [2.75, 3.05) is 0 Å². The fourth-order valence-corrected chi connectivity index (χ4v) is 22.2. The Labute approximate surface area is 793 Å². The predicted molar refractivity (Wildman–Crippen MR) is 570 cm³/mol. The first-order valence-corrected chi connectivity index (χ1v) is 47.5. The maximum atomic E-state index is 5.35. The van der Waals surface area contributed by atoms with Crippen LogP contribution in [0.1, 0.15) is 0 Å². The zero-order valence-corrected chi connectivity index (χ0v) is 75.2. The molecule has 0 bridgehead atoms. The minimum atomic E-state index is 0.614. The van der Waals surface area contributed by atoms with Crippen LogP contribution < -0.4 is 0 Å². The first kappa shape index (κ1) is 80.5. The summed E-state index contributed by atoms with van der Waals surface area (Å²) >= 11 is 3.69. The van der Waals surface area contributed by atoms with Gasteiger partial charge in [-0.1, -0.05) is 406 Å². The van der Waals surface area contributed by atoms with E-state index in [9.17, 15) is 0 Å². The van der Waals surface area contributed by atoms with E-state index in [0.29, 0.717) is 34.9 Å². The Morgan fingerprint density at radius 1 is 0.154 bits per heavy atom. The van der Waals surface area contributed by atoms with Gasteiger partial charge in [0, 0.05) is 112 Å². The fraction of sp³-hybridized carbons (Fsp3) is 0. The van der Waals surface area contributed by atoms with Crippen molar-refractivity contribution >= 4 is 107 Å². The van der Waals surface area contributed by atoms with E-state index in [1.54, 1.807) is 0 Å². The van der Waals surface area contributed by atoms with E-state index in [4.69, 9.17) is 29.9 Å². The highest BCUT2D eigenvalue weighted by Crippen LogP contribution is 2.51. The van der Waals surface area contributed by atoms with E-state index in [2.05, 4.69) is 422 Å². The molecule has 8 nitrogen and oxygen atoms in total. The summed E-state index contributed by atoms with van der Waals surface area (Å²) in [6, 6.07) is 173. The molecule has 136 heavy (non-hydrogen) atoms. The molecule has 0 unspecified atom stereocenters. The SMILES string of the molecule is c1ccc(-c2nc(-c3ccccc3)nc(-c3cc(-c4ccc(-c5ccccc5)c(-c5ccccc5)c4)ccc3-c3ccc4c(c3)sc3ccc5c6ccccc6n(-c6ccccc6)c5c34)n2)cc1.c1ccc(-c2nc(-c3ccccc3)nc(-c3cc(-c4ccc(-c5ccccc5)c(-c5ccccc5)c4)ccc3-c3cccc4c3sc3ccc5c6ccccc6n(-c6ccccc6)c5c34)n2)cc1. The van der Waals surface area contributed by atoms with E-state index >= 15 is 0 Å². The van der Waals surface area contributed by atoms with E-state index < -0.39 is 0 Å². The Bertz CT molecular complexity index is 8930. The number of fused-ring (bicyclic) bond motifs is 14. The maximum absolute atomic E-state index is 5.35. The highest BCUT2D eigenvalue weighted by Gasteiger charge is 2.27. The first-order chi connectivity index (χ1) is 67.4. The molecule has 0 fully saturated rings. The van der Waals surface area contributed by atoms with Crippen LogP contribution in [0.2, 0.25) is 0 Å². The third-order valence-electron chi connectivity index (χ3n) is 26.2. The van der Waals surface area contributed by atoms with Gasteiger partial charge in [0.1, 0.15) is 0 Å². The van der Waals surface area contributed by atoms with Gasteiger partial charge in [-0.2, -0.15) is 0 Å². The molecule has 0 saturated heterocycles. The van der Waals surface area contributed by atoms with Gasteiger partial charge in [-0.05, 0) is 162 Å². The number of aromatic nitrogens is 8. The normalized spacial score (nSPS) is 11.5. The molecule has 6 aromatic heterocycles. The van der Waals surface area contributed by atoms with Crippen molar-refractivity contribution in [3.63, 3.8) is 0 Å². The second kappa shape index (κ2) is 34.6. The monoisotopic (exact) mass is 1770 g/mol. The van der Waals surface area contributed by atoms with Crippen LogP contribution in [0, 0.1) is 0 Å². The molecule has 20 aromatic carbocycles. The second-order valence-corrected chi connectivity index (χ2v) is 36.4. The molecule has 0 aliphatic rings. The van der Waals surface area contributed by atoms with Gasteiger partial charge < -0.3 is 9.13 Å². The molecule has 0 atom stereocenters. The standard InChI is InChI=1S/2C63H40N4S/c1-6-19-41(20-7-1)48-35-33-45(39-54(48)42-21-8-2-9-22-42)46-34-36-49(55(40-46)63-65-61(43-23-10-3-11-24-43)64-62(66-63)44-25-12-4-13-26-44)52-30-18-31-53-58-57(68-60(52)53)38-37-51-50-29-16-17-32-56(50)67(59(51)58)47-27-14-5-15-28-47;1-6-18-41(19-7-1)49-33-30-45(38-54(49)42-20-8-2-9-21-42)46-31-34-50(55(39-46)63-65-61(43-22-10-3-11-23-43)64-62(66-63)44-24-12-4-13-25-44)47-32-35-53-58(40-47)68-57-37-36-52-51-28-16-17-29-56(51)67(60(52)59(53)57)48-26-14-5-15-27-48/h2*1-40H. The summed E-state index contributed by atoms with van der Waals surface area (Å²) in [5, 5.41) is 9.98. The number of hydrogen-bond donors (Lipinski definition) is 0. The lowest BCUT2D eigenvalue weighted by Crippen LogP contribution is -2.01. The molecule has 0 saturated carbocycles. The van der Waals surface area contributed by atoms with Crippen LogP contribution >= 0.6 is 22.7 Å². The highest BCUT2D eigenvalue weighted by molar-refractivity contribution is 7.26. The number of rotatable bonds is 16. The number of nitrogens with zero attached hydrogens (tertiary/aromatic N) is 8. The third-order valence-corrected chi connectivity index (χ3v) is 28.5. The van der Waals surface area contributed by atoms with Crippen LogP contribution in [0.5, 0.6) is 0 Å². The van der Waals surface area contributed by atoms with E-state index in [-0.39, 0.29) is 0 Å². The summed E-state index contributed by atoms with van der Waals surface area (Å²) in [6.07, 6.45) is 0. The minimum Gasteiger partial charge on any atom is -0.309 e. The Kier molecular flexibility index (Phi) is 20.5. The van der Waals surface area contributed by atoms with Crippen LogP contribution in [0.15, 0.2) is 485 Å². The summed E-state index contributed by atoms with van der Waals surface area (Å²) in [5.41, 5.74) is 30.8. The van der Waals surface area contributed by atoms with Gasteiger partial charge in [-0.15, -0.1) is 22.7 Å². The van der Waals surface area contributed by atoms with Crippen molar-refractivity contribution in [1.82, 2.24) is 39.0 Å². The summed E-state index contributed by atoms with van der Waals surface area (Å²) in [6.45, 7) is 0. The second-order valence-electron chi connectivity index (χ2n) is 34.2. The lowest BCUT2D eigenvalue weighted by molar-refractivity contribution is 1.07. The molecule has 0 spiro atoms. The topological polar surface area (TPSA) is 87.2 Å². The van der Waals surface area contributed by atoms with Crippen molar-refractivity contribution in [2.45, 2.75) is 0 Å². The molecule has 0 aliphatic carbocycles. The number of para-hydroxylation sites is 4. The number of thiophene rings is 2. The summed E-state index contributed by atoms with van der Waals surface area (Å²) in [7, 11) is 0. The van der Waals surface area contributed by atoms with Crippen molar-refractivity contribution in [1.29, 1.82) is 0 Å². The Hall–Kier alpha value is -17.5. The van der Waals surface area contributed by atoms with Gasteiger partial charge >= 0.3 is 0 Å². The molecule has 6 heterocycles. The van der Waals surface area contributed by atoms with Gasteiger partial charge in [-0.3, -0.25) is 0 Å². The Morgan fingerprint density at radius 2 is 0.449 bits per heavy atom. The molecule has 10 heteroatoms. The average molecular weight is 1770 g/mol. The predicted octanol–water partition coefficient (Wildman–Crippen LogP) is 34.0.